The van der Waals surface area contributed by atoms with Gasteiger partial charge in [-0.1, -0.05) is 42.0 Å². The van der Waals surface area contributed by atoms with E-state index in [1.54, 1.807) is 0 Å². The second-order valence-electron chi connectivity index (χ2n) is 4.92. The summed E-state index contributed by atoms with van der Waals surface area (Å²) < 4.78 is 0. The molecule has 0 spiro atoms. The van der Waals surface area contributed by atoms with Gasteiger partial charge >= 0.3 is 0 Å². The zero-order chi connectivity index (χ0) is 12.0. The van der Waals surface area contributed by atoms with E-state index in [-0.39, 0.29) is 0 Å². The number of rotatable bonds is 1. The van der Waals surface area contributed by atoms with Crippen LogP contribution in [0.5, 0.6) is 0 Å². The zero-order valence-corrected chi connectivity index (χ0v) is 10.3. The second-order valence-corrected chi connectivity index (χ2v) is 4.92. The summed E-state index contributed by atoms with van der Waals surface area (Å²) in [6.07, 6.45) is 0. The molecule has 0 aliphatic heterocycles. The van der Waals surface area contributed by atoms with Crippen LogP contribution in [0.25, 0.3) is 11.1 Å². The summed E-state index contributed by atoms with van der Waals surface area (Å²) in [4.78, 5) is 0. The molecule has 2 aromatic carbocycles. The number of benzene rings is 2. The van der Waals surface area contributed by atoms with Crippen LogP contribution in [0.15, 0.2) is 36.4 Å². The first kappa shape index (κ1) is 10.5. The lowest BCUT2D eigenvalue weighted by molar-refractivity contribution is 0.839. The van der Waals surface area contributed by atoms with E-state index in [1.807, 2.05) is 0 Å². The number of hydrogen-bond acceptors (Lipinski definition) is 1. The van der Waals surface area contributed by atoms with Crippen molar-refractivity contribution in [3.8, 4) is 11.1 Å². The van der Waals surface area contributed by atoms with Crippen molar-refractivity contribution >= 4 is 0 Å². The number of nitrogens with two attached hydrogens (primary N) is 1. The maximum Gasteiger partial charge on any atom is 0.0225 e. The Kier molecular flexibility index (Phi) is 2.30. The maximum atomic E-state index is 5.96. The molecule has 0 bridgehead atoms. The minimum Gasteiger partial charge on any atom is -0.330 e. The van der Waals surface area contributed by atoms with Crippen LogP contribution in [0.4, 0.5) is 0 Å². The van der Waals surface area contributed by atoms with E-state index in [9.17, 15) is 0 Å². The first-order valence-corrected chi connectivity index (χ1v) is 6.13. The average Bonchev–Trinajstić information content (AvgIpc) is 2.63. The van der Waals surface area contributed by atoms with E-state index in [1.165, 1.54) is 33.4 Å². The Morgan fingerprint density at radius 3 is 2.65 bits per heavy atom. The van der Waals surface area contributed by atoms with Crippen molar-refractivity contribution in [1.29, 1.82) is 0 Å². The molecule has 1 aliphatic carbocycles. The lowest BCUT2D eigenvalue weighted by atomic mass is 9.96. The molecule has 1 heteroatoms. The van der Waals surface area contributed by atoms with Crippen LogP contribution in [-0.2, 0) is 0 Å². The summed E-state index contributed by atoms with van der Waals surface area (Å²) >= 11 is 0. The Morgan fingerprint density at radius 1 is 1.06 bits per heavy atom. The normalized spacial score (nSPS) is 16.8. The molecule has 86 valence electrons. The highest BCUT2D eigenvalue weighted by molar-refractivity contribution is 5.81. The van der Waals surface area contributed by atoms with Crippen LogP contribution in [0.2, 0.25) is 0 Å². The van der Waals surface area contributed by atoms with Gasteiger partial charge in [-0.25, -0.2) is 0 Å². The van der Waals surface area contributed by atoms with Crippen LogP contribution in [0.1, 0.15) is 28.2 Å². The van der Waals surface area contributed by atoms with E-state index in [0.29, 0.717) is 12.5 Å². The van der Waals surface area contributed by atoms with Crippen molar-refractivity contribution in [1.82, 2.24) is 0 Å². The fourth-order valence-electron chi connectivity index (χ4n) is 2.97. The van der Waals surface area contributed by atoms with Gasteiger partial charge in [-0.05, 0) is 41.7 Å². The highest BCUT2D eigenvalue weighted by Gasteiger charge is 2.28. The quantitative estimate of drug-likeness (QED) is 0.788. The number of hydrogen-bond donors (Lipinski definition) is 1. The summed E-state index contributed by atoms with van der Waals surface area (Å²) in [5, 5.41) is 0. The molecule has 2 aromatic rings. The summed E-state index contributed by atoms with van der Waals surface area (Å²) in [5.41, 5.74) is 14.2. The highest BCUT2D eigenvalue weighted by Crippen LogP contribution is 2.45. The van der Waals surface area contributed by atoms with E-state index in [0.717, 1.165) is 0 Å². The summed E-state index contributed by atoms with van der Waals surface area (Å²) in [6, 6.07) is 13.2. The maximum absolute atomic E-state index is 5.96. The lowest BCUT2D eigenvalue weighted by Gasteiger charge is -2.10. The Hall–Kier alpha value is -1.60. The van der Waals surface area contributed by atoms with Gasteiger partial charge in [0, 0.05) is 12.5 Å². The van der Waals surface area contributed by atoms with Gasteiger partial charge < -0.3 is 5.73 Å². The molecule has 1 unspecified atom stereocenters. The third-order valence-corrected chi connectivity index (χ3v) is 3.77. The van der Waals surface area contributed by atoms with Gasteiger partial charge in [-0.15, -0.1) is 0 Å². The largest absolute Gasteiger partial charge is 0.330 e. The van der Waals surface area contributed by atoms with Crippen molar-refractivity contribution in [3.05, 3.63) is 58.7 Å². The second kappa shape index (κ2) is 3.71. The molecule has 0 saturated heterocycles. The Balaban J connectivity index is 2.34. The van der Waals surface area contributed by atoms with Crippen LogP contribution >= 0.6 is 0 Å². The predicted octanol–water partition coefficient (Wildman–Crippen LogP) is 3.37. The molecule has 2 N–H and O–H groups in total. The topological polar surface area (TPSA) is 26.0 Å². The third kappa shape index (κ3) is 1.43. The van der Waals surface area contributed by atoms with Crippen molar-refractivity contribution in [2.24, 2.45) is 5.73 Å². The Morgan fingerprint density at radius 2 is 1.88 bits per heavy atom. The number of aryl methyl sites for hydroxylation is 2. The van der Waals surface area contributed by atoms with Gasteiger partial charge in [-0.3, -0.25) is 0 Å². The van der Waals surface area contributed by atoms with Crippen LogP contribution in [-0.4, -0.2) is 6.54 Å². The molecule has 0 fully saturated rings. The van der Waals surface area contributed by atoms with E-state index < -0.39 is 0 Å². The lowest BCUT2D eigenvalue weighted by Crippen LogP contribution is -2.11. The molecular formula is C16H17N. The molecule has 1 aliphatic rings. The third-order valence-electron chi connectivity index (χ3n) is 3.77. The minimum atomic E-state index is 0.375. The molecule has 1 atom stereocenters. The molecular weight excluding hydrogens is 206 g/mol. The fourth-order valence-corrected chi connectivity index (χ4v) is 2.97. The zero-order valence-electron chi connectivity index (χ0n) is 10.3. The monoisotopic (exact) mass is 223 g/mol. The van der Waals surface area contributed by atoms with Gasteiger partial charge in [-0.2, -0.15) is 0 Å². The Labute approximate surface area is 102 Å². The predicted molar refractivity (Wildman–Crippen MR) is 72.2 cm³/mol. The average molecular weight is 223 g/mol. The van der Waals surface area contributed by atoms with Gasteiger partial charge in [0.1, 0.15) is 0 Å². The molecule has 1 nitrogen and oxygen atoms in total. The summed E-state index contributed by atoms with van der Waals surface area (Å²) in [5.74, 6) is 0.375. The first-order valence-electron chi connectivity index (χ1n) is 6.13. The molecule has 0 saturated carbocycles. The van der Waals surface area contributed by atoms with E-state index in [4.69, 9.17) is 5.73 Å². The van der Waals surface area contributed by atoms with Crippen LogP contribution in [0.3, 0.4) is 0 Å². The standard InChI is InChI=1S/C16H17N/c1-10-6-7-13-14(8-10)15(9-17)12-5-3-4-11(2)16(12)13/h3-8,15H,9,17H2,1-2H3. The van der Waals surface area contributed by atoms with Gasteiger partial charge in [0.05, 0.1) is 0 Å². The van der Waals surface area contributed by atoms with E-state index in [2.05, 4.69) is 50.2 Å². The SMILES string of the molecule is Cc1ccc2c(c1)C(CN)c1cccc(C)c1-2. The smallest absolute Gasteiger partial charge is 0.0225 e. The molecule has 3 rings (SSSR count). The van der Waals surface area contributed by atoms with Crippen molar-refractivity contribution in [2.75, 3.05) is 6.54 Å². The van der Waals surface area contributed by atoms with Crippen molar-refractivity contribution < 1.29 is 0 Å². The molecule has 17 heavy (non-hydrogen) atoms. The Bertz CT molecular complexity index is 584. The molecule has 0 amide bonds. The summed E-state index contributed by atoms with van der Waals surface area (Å²) in [7, 11) is 0. The molecule has 0 aromatic heterocycles. The van der Waals surface area contributed by atoms with Gasteiger partial charge in [0.2, 0.25) is 0 Å². The number of fused-ring (bicyclic) bond motifs is 3. The molecule has 0 radical (unpaired) electrons. The van der Waals surface area contributed by atoms with Gasteiger partial charge in [0.15, 0.2) is 0 Å². The van der Waals surface area contributed by atoms with Crippen LogP contribution in [0, 0.1) is 13.8 Å². The van der Waals surface area contributed by atoms with Crippen molar-refractivity contribution in [2.45, 2.75) is 19.8 Å². The van der Waals surface area contributed by atoms with Crippen LogP contribution < -0.4 is 5.73 Å². The van der Waals surface area contributed by atoms with Crippen molar-refractivity contribution in [3.63, 3.8) is 0 Å². The first-order chi connectivity index (χ1) is 8.22. The minimum absolute atomic E-state index is 0.375. The highest BCUT2D eigenvalue weighted by atomic mass is 14.6. The summed E-state index contributed by atoms with van der Waals surface area (Å²) in [6.45, 7) is 5.01. The fraction of sp³-hybridized carbons (Fsp3) is 0.250. The molecule has 0 heterocycles. The van der Waals surface area contributed by atoms with Gasteiger partial charge in [0.25, 0.3) is 0 Å². The van der Waals surface area contributed by atoms with E-state index >= 15 is 0 Å².